The van der Waals surface area contributed by atoms with Gasteiger partial charge in [-0.2, -0.15) is 4.98 Å². The maximum atomic E-state index is 13.9. The Bertz CT molecular complexity index is 997. The van der Waals surface area contributed by atoms with Crippen molar-refractivity contribution in [1.29, 1.82) is 0 Å². The van der Waals surface area contributed by atoms with Gasteiger partial charge >= 0.3 is 0 Å². The third-order valence-electron chi connectivity index (χ3n) is 4.17. The number of halogens is 1. The lowest BCUT2D eigenvalue weighted by atomic mass is 10.1. The van der Waals surface area contributed by atoms with Crippen LogP contribution in [-0.4, -0.2) is 16.8 Å². The Hall–Kier alpha value is -2.80. The quantitative estimate of drug-likeness (QED) is 0.401. The summed E-state index contributed by atoms with van der Waals surface area (Å²) in [5, 5.41) is 0.546. The predicted molar refractivity (Wildman–Crippen MR) is 105 cm³/mol. The highest BCUT2D eigenvalue weighted by atomic mass is 32.2. The first-order chi connectivity index (χ1) is 13.6. The Morgan fingerprint density at radius 3 is 2.71 bits per heavy atom. The van der Waals surface area contributed by atoms with Crippen LogP contribution in [0, 0.1) is 5.82 Å². The topological polar surface area (TPSA) is 53.5 Å². The Morgan fingerprint density at radius 2 is 1.89 bits per heavy atom. The van der Waals surface area contributed by atoms with Gasteiger partial charge in [0.25, 0.3) is 0 Å². The van der Waals surface area contributed by atoms with Gasteiger partial charge in [-0.15, -0.1) is 0 Å². The van der Waals surface area contributed by atoms with Gasteiger partial charge in [0, 0.05) is 17.9 Å². The summed E-state index contributed by atoms with van der Waals surface area (Å²) in [5.74, 6) is 2.79. The van der Waals surface area contributed by atoms with E-state index in [0.717, 1.165) is 5.69 Å². The van der Waals surface area contributed by atoms with Crippen LogP contribution in [-0.2, 0) is 5.75 Å². The van der Waals surface area contributed by atoms with Crippen molar-refractivity contribution in [2.24, 2.45) is 0 Å². The molecule has 5 nitrogen and oxygen atoms in total. The molecule has 0 N–H and O–H groups in total. The first-order valence-corrected chi connectivity index (χ1v) is 9.90. The second-order valence-electron chi connectivity index (χ2n) is 6.57. The van der Waals surface area contributed by atoms with Crippen molar-refractivity contribution in [3.63, 3.8) is 0 Å². The molecule has 0 amide bonds. The van der Waals surface area contributed by atoms with Crippen molar-refractivity contribution in [3.8, 4) is 23.1 Å². The number of hydrogen-bond donors (Lipinski definition) is 0. The first kappa shape index (κ1) is 18.6. The fourth-order valence-electron chi connectivity index (χ4n) is 2.65. The van der Waals surface area contributed by atoms with Crippen LogP contribution in [0.25, 0.3) is 0 Å². The smallest absolute Gasteiger partial charge is 0.231 e. The van der Waals surface area contributed by atoms with E-state index < -0.39 is 0 Å². The minimum absolute atomic E-state index is 0.204. The molecule has 1 aliphatic heterocycles. The third kappa shape index (κ3) is 4.20. The van der Waals surface area contributed by atoms with E-state index in [4.69, 9.17) is 14.2 Å². The van der Waals surface area contributed by atoms with E-state index in [2.05, 4.69) is 23.8 Å². The first-order valence-electron chi connectivity index (χ1n) is 8.91. The van der Waals surface area contributed by atoms with Crippen LogP contribution in [0.5, 0.6) is 23.1 Å². The largest absolute Gasteiger partial charge is 0.454 e. The number of rotatable bonds is 6. The van der Waals surface area contributed by atoms with E-state index >= 15 is 0 Å². The van der Waals surface area contributed by atoms with Gasteiger partial charge in [0.15, 0.2) is 16.7 Å². The molecule has 2 heterocycles. The van der Waals surface area contributed by atoms with Crippen molar-refractivity contribution in [2.75, 3.05) is 6.79 Å². The van der Waals surface area contributed by atoms with Crippen molar-refractivity contribution in [1.82, 2.24) is 9.97 Å². The number of ether oxygens (including phenoxy) is 3. The summed E-state index contributed by atoms with van der Waals surface area (Å²) in [6.45, 7) is 4.32. The predicted octanol–water partition coefficient (Wildman–Crippen LogP) is 5.55. The highest BCUT2D eigenvalue weighted by molar-refractivity contribution is 7.98. The van der Waals surface area contributed by atoms with E-state index in [9.17, 15) is 4.39 Å². The van der Waals surface area contributed by atoms with E-state index in [0.29, 0.717) is 39.6 Å². The van der Waals surface area contributed by atoms with Gasteiger partial charge in [0.2, 0.25) is 12.7 Å². The number of thioether (sulfide) groups is 1. The molecule has 4 rings (SSSR count). The average Bonchev–Trinajstić information content (AvgIpc) is 3.15. The monoisotopic (exact) mass is 398 g/mol. The van der Waals surface area contributed by atoms with Gasteiger partial charge in [0.1, 0.15) is 11.6 Å². The molecular formula is C21H19FN2O3S. The molecule has 0 saturated carbocycles. The molecule has 0 fully saturated rings. The van der Waals surface area contributed by atoms with Crippen LogP contribution >= 0.6 is 11.8 Å². The van der Waals surface area contributed by atoms with Crippen LogP contribution in [0.2, 0.25) is 0 Å². The van der Waals surface area contributed by atoms with Gasteiger partial charge < -0.3 is 14.2 Å². The molecule has 0 radical (unpaired) electrons. The summed E-state index contributed by atoms with van der Waals surface area (Å²) < 4.78 is 30.5. The molecule has 28 heavy (non-hydrogen) atoms. The number of benzene rings is 2. The second kappa shape index (κ2) is 8.06. The summed E-state index contributed by atoms with van der Waals surface area (Å²) in [4.78, 5) is 9.07. The van der Waals surface area contributed by atoms with Crippen LogP contribution in [0.4, 0.5) is 4.39 Å². The highest BCUT2D eigenvalue weighted by Crippen LogP contribution is 2.37. The van der Waals surface area contributed by atoms with Crippen molar-refractivity contribution < 1.29 is 18.6 Å². The zero-order valence-corrected chi connectivity index (χ0v) is 16.3. The standard InChI is InChI=1S/C21H19FN2O3S/c1-13(2)17-10-20(27-15-7-8-18-19(9-15)26-12-25-18)24-21(23-17)28-11-14-5-3-4-6-16(14)22/h3-10,13H,11-12H2,1-2H3. The summed E-state index contributed by atoms with van der Waals surface area (Å²) in [6, 6.07) is 13.9. The molecule has 7 heteroatoms. The zero-order valence-electron chi connectivity index (χ0n) is 15.5. The zero-order chi connectivity index (χ0) is 19.5. The van der Waals surface area contributed by atoms with Crippen LogP contribution in [0.1, 0.15) is 31.0 Å². The molecule has 144 valence electrons. The number of fused-ring (bicyclic) bond motifs is 1. The minimum atomic E-state index is -0.230. The normalized spacial score (nSPS) is 12.4. The Labute approximate surface area is 166 Å². The summed E-state index contributed by atoms with van der Waals surface area (Å²) in [7, 11) is 0. The van der Waals surface area contributed by atoms with Gasteiger partial charge in [-0.1, -0.05) is 43.8 Å². The minimum Gasteiger partial charge on any atom is -0.454 e. The summed E-state index contributed by atoms with van der Waals surface area (Å²) in [5.41, 5.74) is 1.48. The van der Waals surface area contributed by atoms with Crippen molar-refractivity contribution in [3.05, 3.63) is 65.6 Å². The second-order valence-corrected chi connectivity index (χ2v) is 7.51. The highest BCUT2D eigenvalue weighted by Gasteiger charge is 2.16. The molecule has 0 spiro atoms. The van der Waals surface area contributed by atoms with E-state index in [1.165, 1.54) is 17.8 Å². The van der Waals surface area contributed by atoms with Crippen LogP contribution < -0.4 is 14.2 Å². The lowest BCUT2D eigenvalue weighted by Gasteiger charge is -2.11. The molecule has 0 bridgehead atoms. The van der Waals surface area contributed by atoms with E-state index in [1.807, 2.05) is 12.1 Å². The molecule has 2 aromatic carbocycles. The van der Waals surface area contributed by atoms with E-state index in [-0.39, 0.29) is 18.5 Å². The molecule has 0 saturated heterocycles. The summed E-state index contributed by atoms with van der Waals surface area (Å²) in [6.07, 6.45) is 0. The Balaban J connectivity index is 1.56. The van der Waals surface area contributed by atoms with E-state index in [1.54, 1.807) is 30.3 Å². The van der Waals surface area contributed by atoms with Gasteiger partial charge in [0.05, 0.1) is 5.69 Å². The Kier molecular flexibility index (Phi) is 5.34. The van der Waals surface area contributed by atoms with Crippen molar-refractivity contribution >= 4 is 11.8 Å². The molecular weight excluding hydrogens is 379 g/mol. The lowest BCUT2D eigenvalue weighted by molar-refractivity contribution is 0.174. The molecule has 0 aliphatic carbocycles. The van der Waals surface area contributed by atoms with Gasteiger partial charge in [-0.25, -0.2) is 9.37 Å². The van der Waals surface area contributed by atoms with Gasteiger partial charge in [-0.05, 0) is 29.7 Å². The third-order valence-corrected chi connectivity index (χ3v) is 5.07. The average molecular weight is 398 g/mol. The fourth-order valence-corrected chi connectivity index (χ4v) is 3.50. The number of nitrogens with zero attached hydrogens (tertiary/aromatic N) is 2. The number of aromatic nitrogens is 2. The molecule has 0 unspecified atom stereocenters. The fraction of sp³-hybridized carbons (Fsp3) is 0.238. The molecule has 1 aromatic heterocycles. The molecule has 3 aromatic rings. The van der Waals surface area contributed by atoms with Crippen molar-refractivity contribution in [2.45, 2.75) is 30.7 Å². The molecule has 0 atom stereocenters. The number of hydrogen-bond acceptors (Lipinski definition) is 6. The maximum absolute atomic E-state index is 13.9. The molecule has 1 aliphatic rings. The SMILES string of the molecule is CC(C)c1cc(Oc2ccc3c(c2)OCO3)nc(SCc2ccccc2F)n1. The van der Waals surface area contributed by atoms with Gasteiger partial charge in [-0.3, -0.25) is 0 Å². The Morgan fingerprint density at radius 1 is 1.07 bits per heavy atom. The maximum Gasteiger partial charge on any atom is 0.231 e. The van der Waals surface area contributed by atoms with Crippen LogP contribution in [0.15, 0.2) is 53.7 Å². The lowest BCUT2D eigenvalue weighted by Crippen LogP contribution is -2.00. The van der Waals surface area contributed by atoms with Crippen LogP contribution in [0.3, 0.4) is 0 Å². The summed E-state index contributed by atoms with van der Waals surface area (Å²) >= 11 is 1.38.